The van der Waals surface area contributed by atoms with Gasteiger partial charge in [0.2, 0.25) is 0 Å². The summed E-state index contributed by atoms with van der Waals surface area (Å²) in [5, 5.41) is 8.73. The topological polar surface area (TPSA) is 40.5 Å². The van der Waals surface area contributed by atoms with Crippen LogP contribution >= 0.6 is 0 Å². The second-order valence-electron chi connectivity index (χ2n) is 4.98. The molecule has 0 spiro atoms. The molecule has 0 heterocycles. The fourth-order valence-corrected chi connectivity index (χ4v) is 1.81. The highest BCUT2D eigenvalue weighted by atomic mass is 16.2. The van der Waals surface area contributed by atoms with E-state index in [1.165, 1.54) is 0 Å². The van der Waals surface area contributed by atoms with Crippen LogP contribution in [0.5, 0.6) is 0 Å². The molecule has 0 saturated carbocycles. The molecule has 20 heavy (non-hydrogen) atoms. The summed E-state index contributed by atoms with van der Waals surface area (Å²) in [7, 11) is 1.83. The molecule has 0 radical (unpaired) electrons. The fourth-order valence-electron chi connectivity index (χ4n) is 1.81. The van der Waals surface area contributed by atoms with Crippen molar-refractivity contribution in [2.45, 2.75) is 39.7 Å². The summed E-state index contributed by atoms with van der Waals surface area (Å²) in [4.78, 5) is 14.3. The first-order chi connectivity index (χ1) is 9.51. The number of carbonyl (C=O) groups excluding carboxylic acids is 1. The molecule has 1 atom stereocenters. The number of nitrogens with zero attached hydrogens (tertiary/aromatic N) is 1. The molecule has 1 aromatic rings. The van der Waals surface area contributed by atoms with Gasteiger partial charge in [0.25, 0.3) is 5.91 Å². The minimum atomic E-state index is 0.0302. The Bertz CT molecular complexity index is 526. The zero-order valence-electron chi connectivity index (χ0n) is 12.7. The first-order valence-electron chi connectivity index (χ1n) is 6.98. The Morgan fingerprint density at radius 2 is 2.15 bits per heavy atom. The number of benzene rings is 1. The van der Waals surface area contributed by atoms with E-state index in [-0.39, 0.29) is 18.6 Å². The van der Waals surface area contributed by atoms with E-state index in [0.29, 0.717) is 12.0 Å². The maximum Gasteiger partial charge on any atom is 0.254 e. The zero-order chi connectivity index (χ0) is 15.1. The molecule has 0 bridgehead atoms. The summed E-state index contributed by atoms with van der Waals surface area (Å²) >= 11 is 0. The lowest BCUT2D eigenvalue weighted by Crippen LogP contribution is -2.35. The van der Waals surface area contributed by atoms with Crippen molar-refractivity contribution in [3.8, 4) is 11.8 Å². The van der Waals surface area contributed by atoms with Crippen molar-refractivity contribution < 1.29 is 9.90 Å². The summed E-state index contributed by atoms with van der Waals surface area (Å²) < 4.78 is 0. The van der Waals surface area contributed by atoms with Crippen molar-refractivity contribution in [2.24, 2.45) is 0 Å². The molecule has 0 aliphatic heterocycles. The van der Waals surface area contributed by atoms with Crippen molar-refractivity contribution in [1.82, 2.24) is 4.90 Å². The largest absolute Gasteiger partial charge is 0.395 e. The summed E-state index contributed by atoms with van der Waals surface area (Å²) in [6.07, 6.45) is 1.38. The second-order valence-corrected chi connectivity index (χ2v) is 4.98. The molecular formula is C17H23NO2. The van der Waals surface area contributed by atoms with E-state index in [4.69, 9.17) is 5.11 Å². The van der Waals surface area contributed by atoms with Gasteiger partial charge in [-0.15, -0.1) is 0 Å². The summed E-state index contributed by atoms with van der Waals surface area (Å²) in [6, 6.07) is 5.87. The number of amides is 1. The van der Waals surface area contributed by atoms with Gasteiger partial charge in [0, 0.05) is 30.6 Å². The van der Waals surface area contributed by atoms with Crippen LogP contribution in [0.4, 0.5) is 0 Å². The highest BCUT2D eigenvalue weighted by Gasteiger charge is 2.18. The normalized spacial score (nSPS) is 11.4. The van der Waals surface area contributed by atoms with E-state index in [1.54, 1.807) is 4.90 Å². The Morgan fingerprint density at radius 1 is 1.45 bits per heavy atom. The second kappa shape index (κ2) is 7.72. The SMILES string of the molecule is CCC(C)N(C)C(=O)c1cc(C#CCCO)ccc1C. The summed E-state index contributed by atoms with van der Waals surface area (Å²) in [6.45, 7) is 6.10. The highest BCUT2D eigenvalue weighted by Crippen LogP contribution is 2.15. The quantitative estimate of drug-likeness (QED) is 0.857. The number of aliphatic hydroxyl groups is 1. The van der Waals surface area contributed by atoms with E-state index < -0.39 is 0 Å². The number of rotatable bonds is 4. The predicted molar refractivity (Wildman–Crippen MR) is 81.6 cm³/mol. The van der Waals surface area contributed by atoms with Gasteiger partial charge >= 0.3 is 0 Å². The molecule has 0 aliphatic carbocycles. The Kier molecular flexibility index (Phi) is 6.27. The van der Waals surface area contributed by atoms with Gasteiger partial charge in [0.15, 0.2) is 0 Å². The van der Waals surface area contributed by atoms with Crippen molar-refractivity contribution in [1.29, 1.82) is 0 Å². The zero-order valence-corrected chi connectivity index (χ0v) is 12.7. The fraction of sp³-hybridized carbons (Fsp3) is 0.471. The first-order valence-corrected chi connectivity index (χ1v) is 6.98. The monoisotopic (exact) mass is 273 g/mol. The first kappa shape index (κ1) is 16.3. The van der Waals surface area contributed by atoms with Crippen LogP contribution in [0.1, 0.15) is 48.2 Å². The molecule has 1 unspecified atom stereocenters. The van der Waals surface area contributed by atoms with Crippen LogP contribution in [-0.4, -0.2) is 35.6 Å². The Morgan fingerprint density at radius 3 is 2.75 bits per heavy atom. The number of hydrogen-bond acceptors (Lipinski definition) is 2. The van der Waals surface area contributed by atoms with Crippen molar-refractivity contribution in [3.63, 3.8) is 0 Å². The van der Waals surface area contributed by atoms with Crippen LogP contribution in [0.15, 0.2) is 18.2 Å². The number of aryl methyl sites for hydroxylation is 1. The molecule has 3 nitrogen and oxygen atoms in total. The smallest absolute Gasteiger partial charge is 0.254 e. The number of carbonyl (C=O) groups is 1. The molecule has 0 fully saturated rings. The van der Waals surface area contributed by atoms with Gasteiger partial charge in [-0.05, 0) is 38.0 Å². The molecule has 1 rings (SSSR count). The molecule has 1 N–H and O–H groups in total. The van der Waals surface area contributed by atoms with Crippen molar-refractivity contribution >= 4 is 5.91 Å². The molecule has 1 amide bonds. The van der Waals surface area contributed by atoms with E-state index in [0.717, 1.165) is 17.5 Å². The molecular weight excluding hydrogens is 250 g/mol. The van der Waals surface area contributed by atoms with Gasteiger partial charge in [-0.25, -0.2) is 0 Å². The Hall–Kier alpha value is -1.79. The molecule has 0 aliphatic rings. The van der Waals surface area contributed by atoms with Crippen molar-refractivity contribution in [2.75, 3.05) is 13.7 Å². The molecule has 0 aromatic heterocycles. The highest BCUT2D eigenvalue weighted by molar-refractivity contribution is 5.96. The average molecular weight is 273 g/mol. The van der Waals surface area contributed by atoms with Crippen LogP contribution in [0.25, 0.3) is 0 Å². The van der Waals surface area contributed by atoms with Gasteiger partial charge < -0.3 is 10.0 Å². The van der Waals surface area contributed by atoms with E-state index >= 15 is 0 Å². The van der Waals surface area contributed by atoms with Crippen molar-refractivity contribution in [3.05, 3.63) is 34.9 Å². The van der Waals surface area contributed by atoms with Gasteiger partial charge in [-0.1, -0.05) is 24.8 Å². The van der Waals surface area contributed by atoms with Gasteiger partial charge in [-0.3, -0.25) is 4.79 Å². The third-order valence-electron chi connectivity index (χ3n) is 3.51. The van der Waals surface area contributed by atoms with Crippen LogP contribution in [0, 0.1) is 18.8 Å². The lowest BCUT2D eigenvalue weighted by Gasteiger charge is -2.24. The molecule has 0 saturated heterocycles. The summed E-state index contributed by atoms with van der Waals surface area (Å²) in [5.74, 6) is 5.87. The minimum absolute atomic E-state index is 0.0302. The molecule has 108 valence electrons. The number of aliphatic hydroxyl groups excluding tert-OH is 1. The maximum atomic E-state index is 12.5. The summed E-state index contributed by atoms with van der Waals surface area (Å²) in [5.41, 5.74) is 2.46. The molecule has 3 heteroatoms. The van der Waals surface area contributed by atoms with Crippen LogP contribution in [0.2, 0.25) is 0 Å². The minimum Gasteiger partial charge on any atom is -0.395 e. The Labute approximate surface area is 121 Å². The lowest BCUT2D eigenvalue weighted by molar-refractivity contribution is 0.0740. The number of hydrogen-bond donors (Lipinski definition) is 1. The predicted octanol–water partition coefficient (Wildman–Crippen LogP) is 2.60. The standard InChI is InChI=1S/C17H23NO2/c1-5-14(3)18(4)17(20)16-12-15(8-6-7-11-19)10-9-13(16)2/h9-10,12,14,19H,5,7,11H2,1-4H3. The van der Waals surface area contributed by atoms with Crippen LogP contribution in [0.3, 0.4) is 0 Å². The van der Waals surface area contributed by atoms with E-state index in [2.05, 4.69) is 18.8 Å². The third kappa shape index (κ3) is 4.11. The van der Waals surface area contributed by atoms with Crippen LogP contribution in [-0.2, 0) is 0 Å². The third-order valence-corrected chi connectivity index (χ3v) is 3.51. The van der Waals surface area contributed by atoms with Gasteiger partial charge in [0.05, 0.1) is 6.61 Å². The molecule has 1 aromatic carbocycles. The Balaban J connectivity index is 3.03. The van der Waals surface area contributed by atoms with E-state index in [1.807, 2.05) is 39.1 Å². The maximum absolute atomic E-state index is 12.5. The van der Waals surface area contributed by atoms with Gasteiger partial charge in [-0.2, -0.15) is 0 Å². The average Bonchev–Trinajstić information content (AvgIpc) is 2.46. The van der Waals surface area contributed by atoms with Crippen LogP contribution < -0.4 is 0 Å². The van der Waals surface area contributed by atoms with E-state index in [9.17, 15) is 4.79 Å². The lowest BCUT2D eigenvalue weighted by atomic mass is 10.0. The van der Waals surface area contributed by atoms with Gasteiger partial charge in [0.1, 0.15) is 0 Å².